The van der Waals surface area contributed by atoms with Crippen LogP contribution in [0, 0.1) is 11.7 Å². The molecule has 0 unspecified atom stereocenters. The first-order chi connectivity index (χ1) is 9.08. The van der Waals surface area contributed by atoms with Gasteiger partial charge in [-0.05, 0) is 55.6 Å². The Kier molecular flexibility index (Phi) is 4.85. The van der Waals surface area contributed by atoms with Crippen molar-refractivity contribution in [2.24, 2.45) is 11.7 Å². The smallest absolute Gasteiger partial charge is 0.124 e. The van der Waals surface area contributed by atoms with Crippen molar-refractivity contribution in [1.29, 1.82) is 0 Å². The summed E-state index contributed by atoms with van der Waals surface area (Å²) < 4.78 is 13.5. The molecule has 0 radical (unpaired) electrons. The maximum Gasteiger partial charge on any atom is 0.124 e. The van der Waals surface area contributed by atoms with Gasteiger partial charge >= 0.3 is 0 Å². The van der Waals surface area contributed by atoms with Crippen molar-refractivity contribution in [1.82, 2.24) is 4.90 Å². The van der Waals surface area contributed by atoms with Crippen molar-refractivity contribution in [3.63, 3.8) is 0 Å². The summed E-state index contributed by atoms with van der Waals surface area (Å²) in [7, 11) is 0. The lowest BCUT2D eigenvalue weighted by Crippen LogP contribution is -2.34. The number of nitrogens with zero attached hydrogens (tertiary/aromatic N) is 1. The summed E-state index contributed by atoms with van der Waals surface area (Å²) in [5, 5.41) is 9.10. The molecule has 0 aromatic heterocycles. The summed E-state index contributed by atoms with van der Waals surface area (Å²) in [4.78, 5) is 2.49. The molecule has 3 N–H and O–H groups in total. The number of nitrogens with two attached hydrogens (primary N) is 1. The number of hydrogen-bond acceptors (Lipinski definition) is 3. The van der Waals surface area contributed by atoms with Gasteiger partial charge in [0.2, 0.25) is 0 Å². The monoisotopic (exact) mass is 282 g/mol. The predicted octanol–water partition coefficient (Wildman–Crippen LogP) is 1.66. The van der Waals surface area contributed by atoms with E-state index in [1.54, 1.807) is 0 Å². The fourth-order valence-electron chi connectivity index (χ4n) is 2.47. The maximum atomic E-state index is 13.5. The summed E-state index contributed by atoms with van der Waals surface area (Å²) in [5.41, 5.74) is 7.02. The fourth-order valence-corrected chi connectivity index (χ4v) is 2.59. The Bertz CT molecular complexity index is 459. The molecule has 2 rings (SSSR count). The van der Waals surface area contributed by atoms with E-state index in [0.29, 0.717) is 18.0 Å². The van der Waals surface area contributed by atoms with E-state index in [-0.39, 0.29) is 17.4 Å². The second-order valence-electron chi connectivity index (χ2n) is 5.11. The molecule has 1 saturated heterocycles. The van der Waals surface area contributed by atoms with E-state index in [4.69, 9.17) is 23.1 Å². The van der Waals surface area contributed by atoms with Gasteiger partial charge in [0.1, 0.15) is 10.8 Å². The van der Waals surface area contributed by atoms with Gasteiger partial charge in [-0.25, -0.2) is 4.39 Å². The minimum Gasteiger partial charge on any atom is -0.396 e. The van der Waals surface area contributed by atoms with Crippen molar-refractivity contribution in [2.75, 3.05) is 19.7 Å². The van der Waals surface area contributed by atoms with Crippen molar-refractivity contribution < 1.29 is 9.50 Å². The molecule has 5 heteroatoms. The Labute approximate surface area is 118 Å². The van der Waals surface area contributed by atoms with Crippen molar-refractivity contribution in [2.45, 2.75) is 19.4 Å². The summed E-state index contributed by atoms with van der Waals surface area (Å²) in [6, 6.07) is 4.74. The van der Waals surface area contributed by atoms with E-state index in [2.05, 4.69) is 4.90 Å². The quantitative estimate of drug-likeness (QED) is 0.825. The first-order valence-electron chi connectivity index (χ1n) is 6.51. The van der Waals surface area contributed by atoms with Crippen LogP contribution in [-0.2, 0) is 6.54 Å². The average molecular weight is 282 g/mol. The van der Waals surface area contributed by atoms with Crippen LogP contribution in [0.5, 0.6) is 0 Å². The number of hydrogen-bond donors (Lipinski definition) is 2. The van der Waals surface area contributed by atoms with Crippen LogP contribution in [0.15, 0.2) is 18.2 Å². The van der Waals surface area contributed by atoms with E-state index in [1.165, 1.54) is 12.1 Å². The van der Waals surface area contributed by atoms with Gasteiger partial charge in [0.15, 0.2) is 0 Å². The molecule has 104 valence electrons. The topological polar surface area (TPSA) is 49.5 Å². The van der Waals surface area contributed by atoms with Gasteiger partial charge in [-0.1, -0.05) is 12.2 Å². The molecule has 19 heavy (non-hydrogen) atoms. The van der Waals surface area contributed by atoms with Crippen LogP contribution in [-0.4, -0.2) is 34.7 Å². The van der Waals surface area contributed by atoms with Crippen LogP contribution in [0.1, 0.15) is 24.0 Å². The van der Waals surface area contributed by atoms with Gasteiger partial charge in [-0.15, -0.1) is 0 Å². The number of aliphatic hydroxyl groups excluding tert-OH is 1. The van der Waals surface area contributed by atoms with Crippen LogP contribution in [0.4, 0.5) is 4.39 Å². The molecule has 1 aliphatic heterocycles. The van der Waals surface area contributed by atoms with Crippen molar-refractivity contribution in [3.05, 3.63) is 35.1 Å². The molecule has 0 bridgehead atoms. The van der Waals surface area contributed by atoms with Crippen molar-refractivity contribution in [3.8, 4) is 0 Å². The Morgan fingerprint density at radius 1 is 1.37 bits per heavy atom. The highest BCUT2D eigenvalue weighted by molar-refractivity contribution is 7.80. The number of likely N-dealkylation sites (tertiary alicyclic amines) is 1. The third-order valence-corrected chi connectivity index (χ3v) is 3.85. The van der Waals surface area contributed by atoms with Crippen LogP contribution in [0.3, 0.4) is 0 Å². The molecule has 3 nitrogen and oxygen atoms in total. The molecule has 0 saturated carbocycles. The van der Waals surface area contributed by atoms with Gasteiger partial charge in [0.05, 0.1) is 0 Å². The minimum atomic E-state index is -0.300. The molecule has 0 amide bonds. The molecule has 1 aromatic rings. The highest BCUT2D eigenvalue weighted by atomic mass is 32.1. The molecular formula is C14H19FN2OS. The Morgan fingerprint density at radius 3 is 2.63 bits per heavy atom. The lowest BCUT2D eigenvalue weighted by atomic mass is 9.97. The number of rotatable bonds is 4. The third-order valence-electron chi connectivity index (χ3n) is 3.61. The zero-order valence-corrected chi connectivity index (χ0v) is 11.6. The Balaban J connectivity index is 2.01. The number of thiocarbonyl (C=S) groups is 1. The van der Waals surface area contributed by atoms with E-state index in [1.807, 2.05) is 6.07 Å². The van der Waals surface area contributed by atoms with Gasteiger partial charge in [0.25, 0.3) is 0 Å². The second kappa shape index (κ2) is 6.41. The largest absolute Gasteiger partial charge is 0.396 e. The predicted molar refractivity (Wildman–Crippen MR) is 77.4 cm³/mol. The lowest BCUT2D eigenvalue weighted by Gasteiger charge is -2.31. The van der Waals surface area contributed by atoms with Gasteiger partial charge in [-0.2, -0.15) is 0 Å². The van der Waals surface area contributed by atoms with Crippen LogP contribution < -0.4 is 5.73 Å². The van der Waals surface area contributed by atoms with Gasteiger partial charge < -0.3 is 10.8 Å². The summed E-state index contributed by atoms with van der Waals surface area (Å²) in [6.45, 7) is 2.83. The third kappa shape index (κ3) is 3.96. The summed E-state index contributed by atoms with van der Waals surface area (Å²) in [6.07, 6.45) is 1.99. The Morgan fingerprint density at radius 2 is 2.05 bits per heavy atom. The molecular weight excluding hydrogens is 263 g/mol. The van der Waals surface area contributed by atoms with E-state index in [0.717, 1.165) is 31.5 Å². The molecule has 1 aliphatic rings. The zero-order chi connectivity index (χ0) is 13.8. The molecule has 1 heterocycles. The normalized spacial score (nSPS) is 17.6. The summed E-state index contributed by atoms with van der Waals surface area (Å²) in [5.74, 6) is 0.112. The minimum absolute atomic E-state index is 0.222. The van der Waals surface area contributed by atoms with E-state index >= 15 is 0 Å². The molecule has 0 atom stereocenters. The second-order valence-corrected chi connectivity index (χ2v) is 5.55. The van der Waals surface area contributed by atoms with Crippen LogP contribution in [0.25, 0.3) is 0 Å². The van der Waals surface area contributed by atoms with Gasteiger partial charge in [-0.3, -0.25) is 4.90 Å². The van der Waals surface area contributed by atoms with Crippen LogP contribution >= 0.6 is 12.2 Å². The van der Waals surface area contributed by atoms with Gasteiger partial charge in [0, 0.05) is 18.7 Å². The van der Waals surface area contributed by atoms with E-state index in [9.17, 15) is 4.39 Å². The van der Waals surface area contributed by atoms with Crippen LogP contribution in [0.2, 0.25) is 0 Å². The zero-order valence-electron chi connectivity index (χ0n) is 10.8. The Hall–Kier alpha value is -1.04. The number of aliphatic hydroxyl groups is 1. The lowest BCUT2D eigenvalue weighted by molar-refractivity contribution is 0.127. The average Bonchev–Trinajstić information content (AvgIpc) is 2.39. The first-order valence-corrected chi connectivity index (χ1v) is 6.92. The highest BCUT2D eigenvalue weighted by Crippen LogP contribution is 2.19. The molecule has 1 fully saturated rings. The molecule has 0 aliphatic carbocycles. The number of piperidine rings is 1. The van der Waals surface area contributed by atoms with E-state index < -0.39 is 0 Å². The number of halogens is 1. The number of benzene rings is 1. The summed E-state index contributed by atoms with van der Waals surface area (Å²) >= 11 is 4.89. The standard InChI is InChI=1S/C14H19FN2OS/c15-13-6-11(5-12(7-13)14(16)19)8-17-3-1-10(9-18)2-4-17/h5-7,10,18H,1-4,8-9H2,(H2,16,19). The molecule has 0 spiro atoms. The first kappa shape index (κ1) is 14.4. The highest BCUT2D eigenvalue weighted by Gasteiger charge is 2.18. The fraction of sp³-hybridized carbons (Fsp3) is 0.500. The maximum absolute atomic E-state index is 13.5. The molecule has 1 aromatic carbocycles. The SMILES string of the molecule is NC(=S)c1cc(F)cc(CN2CCC(CO)CC2)c1. The van der Waals surface area contributed by atoms with Crippen molar-refractivity contribution >= 4 is 17.2 Å².